The van der Waals surface area contributed by atoms with Crippen molar-refractivity contribution < 1.29 is 9.59 Å². The maximum atomic E-state index is 12.4. The van der Waals surface area contributed by atoms with Crippen LogP contribution in [0.2, 0.25) is 5.02 Å². The summed E-state index contributed by atoms with van der Waals surface area (Å²) in [5.41, 5.74) is 2.84. The molecule has 0 unspecified atom stereocenters. The first-order valence-corrected chi connectivity index (χ1v) is 9.45. The molecular formula is C21H19ClN4O2. The van der Waals surface area contributed by atoms with E-state index in [9.17, 15) is 9.59 Å². The Morgan fingerprint density at radius 3 is 2.39 bits per heavy atom. The Kier molecular flexibility index (Phi) is 5.12. The molecule has 0 spiro atoms. The normalized spacial score (nSPS) is 13.2. The van der Waals surface area contributed by atoms with E-state index in [2.05, 4.69) is 15.7 Å². The van der Waals surface area contributed by atoms with Gasteiger partial charge in [0.2, 0.25) is 0 Å². The van der Waals surface area contributed by atoms with Gasteiger partial charge in [0.25, 0.3) is 11.8 Å². The number of amides is 2. The predicted octanol–water partition coefficient (Wildman–Crippen LogP) is 3.35. The molecule has 1 aliphatic rings. The molecule has 0 bridgehead atoms. The van der Waals surface area contributed by atoms with Crippen molar-refractivity contribution >= 4 is 23.4 Å². The van der Waals surface area contributed by atoms with Gasteiger partial charge in [-0.15, -0.1) is 0 Å². The van der Waals surface area contributed by atoms with E-state index in [4.69, 9.17) is 11.6 Å². The highest BCUT2D eigenvalue weighted by molar-refractivity contribution is 6.30. The number of carbonyl (C=O) groups excluding carboxylic acids is 2. The van der Waals surface area contributed by atoms with Crippen LogP contribution < -0.4 is 10.6 Å². The van der Waals surface area contributed by atoms with Gasteiger partial charge in [-0.25, -0.2) is 4.68 Å². The largest absolute Gasteiger partial charge is 0.349 e. The third-order valence-electron chi connectivity index (χ3n) is 4.52. The lowest BCUT2D eigenvalue weighted by Gasteiger charge is -2.06. The van der Waals surface area contributed by atoms with Crippen molar-refractivity contribution in [1.82, 2.24) is 20.4 Å². The minimum atomic E-state index is -0.212. The predicted molar refractivity (Wildman–Crippen MR) is 107 cm³/mol. The third-order valence-corrected chi connectivity index (χ3v) is 4.77. The number of hydrogen-bond acceptors (Lipinski definition) is 3. The van der Waals surface area contributed by atoms with Crippen LogP contribution >= 0.6 is 11.6 Å². The fourth-order valence-electron chi connectivity index (χ4n) is 2.73. The Balaban J connectivity index is 1.34. The Morgan fingerprint density at radius 1 is 1.00 bits per heavy atom. The van der Waals surface area contributed by atoms with Crippen LogP contribution in [-0.2, 0) is 6.54 Å². The molecule has 0 aliphatic heterocycles. The van der Waals surface area contributed by atoms with E-state index in [0.717, 1.165) is 24.1 Å². The fraction of sp³-hybridized carbons (Fsp3) is 0.190. The van der Waals surface area contributed by atoms with Gasteiger partial charge < -0.3 is 10.6 Å². The fourth-order valence-corrected chi connectivity index (χ4v) is 2.86. The minimum absolute atomic E-state index is 0.0484. The third kappa shape index (κ3) is 4.40. The van der Waals surface area contributed by atoms with Gasteiger partial charge in [0.1, 0.15) is 0 Å². The van der Waals surface area contributed by atoms with E-state index in [0.29, 0.717) is 28.7 Å². The topological polar surface area (TPSA) is 76.0 Å². The molecule has 3 aromatic rings. The quantitative estimate of drug-likeness (QED) is 0.673. The van der Waals surface area contributed by atoms with Gasteiger partial charge in [-0.2, -0.15) is 5.10 Å². The molecule has 0 saturated heterocycles. The zero-order valence-electron chi connectivity index (χ0n) is 15.1. The molecule has 0 atom stereocenters. The number of rotatable bonds is 6. The van der Waals surface area contributed by atoms with E-state index in [1.807, 2.05) is 24.3 Å². The molecule has 4 rings (SSSR count). The SMILES string of the molecule is O=C(NCc1ccc(C(=O)NC2CC2)cc1)c1cnn(-c2ccc(Cl)cc2)c1. The highest BCUT2D eigenvalue weighted by Crippen LogP contribution is 2.19. The molecule has 7 heteroatoms. The van der Waals surface area contributed by atoms with Crippen molar-refractivity contribution in [1.29, 1.82) is 0 Å². The van der Waals surface area contributed by atoms with E-state index >= 15 is 0 Å². The van der Waals surface area contributed by atoms with Gasteiger partial charge in [0.15, 0.2) is 0 Å². The van der Waals surface area contributed by atoms with Crippen molar-refractivity contribution in [3.63, 3.8) is 0 Å². The maximum absolute atomic E-state index is 12.4. The van der Waals surface area contributed by atoms with Crippen LogP contribution in [-0.4, -0.2) is 27.6 Å². The number of benzene rings is 2. The Morgan fingerprint density at radius 2 is 1.71 bits per heavy atom. The number of nitrogens with zero attached hydrogens (tertiary/aromatic N) is 2. The molecule has 1 fully saturated rings. The van der Waals surface area contributed by atoms with Crippen LogP contribution in [0.3, 0.4) is 0 Å². The Labute approximate surface area is 167 Å². The summed E-state index contributed by atoms with van der Waals surface area (Å²) < 4.78 is 1.62. The summed E-state index contributed by atoms with van der Waals surface area (Å²) in [5, 5.41) is 10.7. The lowest BCUT2D eigenvalue weighted by molar-refractivity contribution is 0.0941. The molecular weight excluding hydrogens is 376 g/mol. The first-order chi connectivity index (χ1) is 13.6. The first-order valence-electron chi connectivity index (χ1n) is 9.07. The lowest BCUT2D eigenvalue weighted by atomic mass is 10.1. The molecule has 6 nitrogen and oxygen atoms in total. The zero-order valence-corrected chi connectivity index (χ0v) is 15.8. The molecule has 28 heavy (non-hydrogen) atoms. The molecule has 2 amide bonds. The van der Waals surface area contributed by atoms with E-state index in [1.165, 1.54) is 6.20 Å². The minimum Gasteiger partial charge on any atom is -0.349 e. The number of halogens is 1. The van der Waals surface area contributed by atoms with Gasteiger partial charge in [-0.05, 0) is 54.8 Å². The summed E-state index contributed by atoms with van der Waals surface area (Å²) in [4.78, 5) is 24.4. The zero-order chi connectivity index (χ0) is 19.5. The van der Waals surface area contributed by atoms with Crippen molar-refractivity contribution in [2.75, 3.05) is 0 Å². The van der Waals surface area contributed by atoms with Crippen LogP contribution in [0, 0.1) is 0 Å². The first kappa shape index (κ1) is 18.3. The van der Waals surface area contributed by atoms with Gasteiger partial charge >= 0.3 is 0 Å². The van der Waals surface area contributed by atoms with Crippen molar-refractivity contribution in [2.45, 2.75) is 25.4 Å². The van der Waals surface area contributed by atoms with Crippen LogP contribution in [0.4, 0.5) is 0 Å². The average Bonchev–Trinajstić information content (AvgIpc) is 3.38. The molecule has 0 radical (unpaired) electrons. The summed E-state index contributed by atoms with van der Waals surface area (Å²) in [5.74, 6) is -0.261. The monoisotopic (exact) mass is 394 g/mol. The molecule has 1 aromatic heterocycles. The highest BCUT2D eigenvalue weighted by Gasteiger charge is 2.23. The molecule has 1 saturated carbocycles. The number of carbonyl (C=O) groups is 2. The second kappa shape index (κ2) is 7.86. The number of aromatic nitrogens is 2. The van der Waals surface area contributed by atoms with Crippen molar-refractivity contribution in [3.05, 3.63) is 82.6 Å². The van der Waals surface area contributed by atoms with Crippen molar-refractivity contribution in [3.8, 4) is 5.69 Å². The maximum Gasteiger partial charge on any atom is 0.254 e. The molecule has 1 heterocycles. The van der Waals surface area contributed by atoms with E-state index < -0.39 is 0 Å². The van der Waals surface area contributed by atoms with Crippen molar-refractivity contribution in [2.24, 2.45) is 0 Å². The second-order valence-corrected chi connectivity index (χ2v) is 7.21. The Bertz CT molecular complexity index is 992. The van der Waals surface area contributed by atoms with Crippen LogP contribution in [0.15, 0.2) is 60.9 Å². The number of nitrogens with one attached hydrogen (secondary N) is 2. The summed E-state index contributed by atoms with van der Waals surface area (Å²) >= 11 is 5.89. The van der Waals surface area contributed by atoms with Crippen LogP contribution in [0.1, 0.15) is 39.1 Å². The number of hydrogen-bond donors (Lipinski definition) is 2. The standard InChI is InChI=1S/C21H19ClN4O2/c22-17-5-9-19(10-6-17)26-13-16(12-24-26)20(27)23-11-14-1-3-15(4-2-14)21(28)25-18-7-8-18/h1-6,9-10,12-13,18H,7-8,11H2,(H,23,27)(H,25,28). The molecule has 2 aromatic carbocycles. The summed E-state index contributed by atoms with van der Waals surface area (Å²) in [6, 6.07) is 14.8. The summed E-state index contributed by atoms with van der Waals surface area (Å²) in [6.45, 7) is 0.371. The van der Waals surface area contributed by atoms with Gasteiger partial charge in [-0.3, -0.25) is 9.59 Å². The summed E-state index contributed by atoms with van der Waals surface area (Å²) in [6.07, 6.45) is 5.31. The van der Waals surface area contributed by atoms with Gasteiger partial charge in [0, 0.05) is 29.4 Å². The highest BCUT2D eigenvalue weighted by atomic mass is 35.5. The van der Waals surface area contributed by atoms with Crippen LogP contribution in [0.5, 0.6) is 0 Å². The van der Waals surface area contributed by atoms with E-state index in [1.54, 1.807) is 35.1 Å². The molecule has 2 N–H and O–H groups in total. The van der Waals surface area contributed by atoms with E-state index in [-0.39, 0.29) is 11.8 Å². The van der Waals surface area contributed by atoms with Gasteiger partial charge in [-0.1, -0.05) is 23.7 Å². The second-order valence-electron chi connectivity index (χ2n) is 6.78. The van der Waals surface area contributed by atoms with Crippen LogP contribution in [0.25, 0.3) is 5.69 Å². The Hall–Kier alpha value is -3.12. The lowest BCUT2D eigenvalue weighted by Crippen LogP contribution is -2.25. The molecule has 142 valence electrons. The summed E-state index contributed by atoms with van der Waals surface area (Å²) in [7, 11) is 0. The molecule has 1 aliphatic carbocycles. The smallest absolute Gasteiger partial charge is 0.254 e. The average molecular weight is 395 g/mol. The van der Waals surface area contributed by atoms with Gasteiger partial charge in [0.05, 0.1) is 17.4 Å².